The Kier molecular flexibility index (Phi) is 7.60. The van der Waals surface area contributed by atoms with Gasteiger partial charge in [-0.05, 0) is 26.3 Å². The molecule has 152 valence electrons. The molecule has 0 aliphatic heterocycles. The number of ketones is 1. The number of rotatable bonds is 8. The molecule has 0 aliphatic carbocycles. The van der Waals surface area contributed by atoms with E-state index in [4.69, 9.17) is 10.5 Å². The number of alkyl carbamates (subject to hydrolysis) is 1. The number of ether oxygens (including phenoxy) is 1. The Morgan fingerprint density at radius 2 is 1.75 bits per heavy atom. The Balaban J connectivity index is 2.91. The largest absolute Gasteiger partial charge is 0.444 e. The fourth-order valence-electron chi connectivity index (χ4n) is 2.03. The zero-order valence-corrected chi connectivity index (χ0v) is 15.7. The van der Waals surface area contributed by atoms with Crippen LogP contribution in [0, 0.1) is 10.1 Å². The van der Waals surface area contributed by atoms with Crippen molar-refractivity contribution in [1.29, 1.82) is 0 Å². The van der Waals surface area contributed by atoms with Crippen LogP contribution in [-0.2, 0) is 25.5 Å². The highest BCUT2D eigenvalue weighted by molar-refractivity contribution is 6.36. The van der Waals surface area contributed by atoms with Crippen LogP contribution in [0.2, 0.25) is 0 Å². The number of nitro groups is 1. The number of nitrogens with two attached hydrogens (primary N) is 1. The van der Waals surface area contributed by atoms with Crippen LogP contribution in [0.4, 0.5) is 10.5 Å². The van der Waals surface area contributed by atoms with E-state index in [1.807, 2.05) is 0 Å². The lowest BCUT2D eigenvalue weighted by Gasteiger charge is -2.23. The standard InChI is InChI=1S/C17H22N4O7/c1-17(2,3)28-16(25)20-12(15(24)19-9-13(22)14(18)23)8-10-4-6-11(7-5-10)21(26)27/h4-7,12H,8-9H2,1-3H3,(H2,18,23)(H,19,24)(H,20,25)/t12-/m0/s1. The molecule has 1 aromatic carbocycles. The molecule has 28 heavy (non-hydrogen) atoms. The Bertz CT molecular complexity index is 769. The quantitative estimate of drug-likeness (QED) is 0.321. The average molecular weight is 394 g/mol. The van der Waals surface area contributed by atoms with Crippen molar-refractivity contribution in [2.24, 2.45) is 5.73 Å². The molecule has 0 spiro atoms. The maximum absolute atomic E-state index is 12.4. The van der Waals surface area contributed by atoms with Gasteiger partial charge < -0.3 is 21.1 Å². The number of Topliss-reactive ketones (excluding diaryl/α,β-unsaturated/α-hetero) is 1. The molecule has 1 aromatic rings. The molecular weight excluding hydrogens is 372 g/mol. The highest BCUT2D eigenvalue weighted by atomic mass is 16.6. The Morgan fingerprint density at radius 1 is 1.18 bits per heavy atom. The number of carbonyl (C=O) groups excluding carboxylic acids is 4. The Labute approximate surface area is 160 Å². The molecule has 1 atom stereocenters. The molecular formula is C17H22N4O7. The second-order valence-corrected chi connectivity index (χ2v) is 6.83. The molecule has 11 nitrogen and oxygen atoms in total. The fraction of sp³-hybridized carbons (Fsp3) is 0.412. The van der Waals surface area contributed by atoms with Gasteiger partial charge in [-0.15, -0.1) is 0 Å². The molecule has 11 heteroatoms. The molecule has 0 bridgehead atoms. The van der Waals surface area contributed by atoms with Crippen LogP contribution < -0.4 is 16.4 Å². The third-order valence-electron chi connectivity index (χ3n) is 3.29. The molecule has 3 amide bonds. The van der Waals surface area contributed by atoms with Crippen LogP contribution in [0.5, 0.6) is 0 Å². The normalized spacial score (nSPS) is 11.8. The van der Waals surface area contributed by atoms with Gasteiger partial charge in [0.1, 0.15) is 11.6 Å². The highest BCUT2D eigenvalue weighted by Crippen LogP contribution is 2.14. The van der Waals surface area contributed by atoms with E-state index in [0.717, 1.165) is 0 Å². The van der Waals surface area contributed by atoms with E-state index >= 15 is 0 Å². The topological polar surface area (TPSA) is 171 Å². The van der Waals surface area contributed by atoms with Crippen molar-refractivity contribution < 1.29 is 28.8 Å². The van der Waals surface area contributed by atoms with Crippen LogP contribution in [0.3, 0.4) is 0 Å². The monoisotopic (exact) mass is 394 g/mol. The third-order valence-corrected chi connectivity index (χ3v) is 3.29. The van der Waals surface area contributed by atoms with E-state index in [2.05, 4.69) is 10.6 Å². The van der Waals surface area contributed by atoms with Crippen molar-refractivity contribution in [2.75, 3.05) is 6.54 Å². The zero-order chi connectivity index (χ0) is 21.5. The summed E-state index contributed by atoms with van der Waals surface area (Å²) in [4.78, 5) is 56.6. The first-order valence-electron chi connectivity index (χ1n) is 8.22. The summed E-state index contributed by atoms with van der Waals surface area (Å²) < 4.78 is 5.11. The summed E-state index contributed by atoms with van der Waals surface area (Å²) in [5.74, 6) is -2.95. The van der Waals surface area contributed by atoms with Gasteiger partial charge in [-0.1, -0.05) is 12.1 Å². The van der Waals surface area contributed by atoms with E-state index in [1.54, 1.807) is 20.8 Å². The summed E-state index contributed by atoms with van der Waals surface area (Å²) in [5, 5.41) is 15.3. The summed E-state index contributed by atoms with van der Waals surface area (Å²) in [6.07, 6.45) is -0.899. The van der Waals surface area contributed by atoms with Crippen molar-refractivity contribution in [2.45, 2.75) is 38.8 Å². The zero-order valence-electron chi connectivity index (χ0n) is 15.7. The van der Waals surface area contributed by atoms with Gasteiger partial charge >= 0.3 is 6.09 Å². The van der Waals surface area contributed by atoms with Crippen LogP contribution in [0.1, 0.15) is 26.3 Å². The number of carbonyl (C=O) groups is 4. The lowest BCUT2D eigenvalue weighted by atomic mass is 10.0. The number of benzene rings is 1. The molecule has 0 aliphatic rings. The van der Waals surface area contributed by atoms with Crippen LogP contribution in [0.15, 0.2) is 24.3 Å². The van der Waals surface area contributed by atoms with E-state index in [1.165, 1.54) is 24.3 Å². The molecule has 1 rings (SSSR count). The van der Waals surface area contributed by atoms with E-state index < -0.39 is 46.8 Å². The van der Waals surface area contributed by atoms with E-state index in [9.17, 15) is 29.3 Å². The third kappa shape index (κ3) is 7.81. The fourth-order valence-corrected chi connectivity index (χ4v) is 2.03. The number of hydrogen-bond acceptors (Lipinski definition) is 7. The van der Waals surface area contributed by atoms with Crippen molar-refractivity contribution in [3.8, 4) is 0 Å². The van der Waals surface area contributed by atoms with Gasteiger partial charge in [0.15, 0.2) is 0 Å². The Hall–Kier alpha value is -3.50. The molecule has 0 saturated carbocycles. The first kappa shape index (κ1) is 22.5. The molecule has 0 radical (unpaired) electrons. The van der Waals surface area contributed by atoms with Crippen molar-refractivity contribution in [3.05, 3.63) is 39.9 Å². The maximum atomic E-state index is 12.4. The van der Waals surface area contributed by atoms with Gasteiger partial charge in [-0.25, -0.2) is 4.79 Å². The van der Waals surface area contributed by atoms with E-state index in [0.29, 0.717) is 5.56 Å². The van der Waals surface area contributed by atoms with Gasteiger partial charge in [0.05, 0.1) is 11.5 Å². The van der Waals surface area contributed by atoms with E-state index in [-0.39, 0.29) is 12.1 Å². The number of nitrogens with one attached hydrogen (secondary N) is 2. The molecule has 0 heterocycles. The van der Waals surface area contributed by atoms with Gasteiger partial charge in [-0.2, -0.15) is 0 Å². The highest BCUT2D eigenvalue weighted by Gasteiger charge is 2.25. The lowest BCUT2D eigenvalue weighted by Crippen LogP contribution is -2.50. The van der Waals surface area contributed by atoms with Crippen LogP contribution in [-0.4, -0.2) is 46.8 Å². The summed E-state index contributed by atoms with van der Waals surface area (Å²) in [6.45, 7) is 4.30. The minimum Gasteiger partial charge on any atom is -0.444 e. The number of nitro benzene ring substituents is 1. The van der Waals surface area contributed by atoms with Crippen molar-refractivity contribution >= 4 is 29.4 Å². The number of nitrogens with zero attached hydrogens (tertiary/aromatic N) is 1. The van der Waals surface area contributed by atoms with Gasteiger partial charge in [0.2, 0.25) is 11.7 Å². The second-order valence-electron chi connectivity index (χ2n) is 6.83. The summed E-state index contributed by atoms with van der Waals surface area (Å²) >= 11 is 0. The average Bonchev–Trinajstić information content (AvgIpc) is 2.57. The lowest BCUT2D eigenvalue weighted by molar-refractivity contribution is -0.384. The first-order valence-corrected chi connectivity index (χ1v) is 8.22. The first-order chi connectivity index (χ1) is 12.9. The second kappa shape index (κ2) is 9.44. The summed E-state index contributed by atoms with van der Waals surface area (Å²) in [5.41, 5.74) is 4.41. The van der Waals surface area contributed by atoms with Gasteiger partial charge in [0.25, 0.3) is 11.6 Å². The summed E-state index contributed by atoms with van der Waals surface area (Å²) in [7, 11) is 0. The number of hydrogen-bond donors (Lipinski definition) is 3. The molecule has 0 fully saturated rings. The van der Waals surface area contributed by atoms with Crippen LogP contribution in [0.25, 0.3) is 0 Å². The maximum Gasteiger partial charge on any atom is 0.408 e. The Morgan fingerprint density at radius 3 is 2.21 bits per heavy atom. The molecule has 0 aromatic heterocycles. The molecule has 0 saturated heterocycles. The van der Waals surface area contributed by atoms with Gasteiger partial charge in [-0.3, -0.25) is 24.5 Å². The number of non-ortho nitro benzene ring substituents is 1. The minimum absolute atomic E-state index is 0.0339. The van der Waals surface area contributed by atoms with Gasteiger partial charge in [0, 0.05) is 18.6 Å². The smallest absolute Gasteiger partial charge is 0.408 e. The summed E-state index contributed by atoms with van der Waals surface area (Å²) in [6, 6.07) is 4.23. The molecule has 4 N–H and O–H groups in total. The molecule has 0 unspecified atom stereocenters. The van der Waals surface area contributed by atoms with Crippen molar-refractivity contribution in [3.63, 3.8) is 0 Å². The number of amides is 3. The number of primary amides is 1. The predicted molar refractivity (Wildman–Crippen MR) is 97.2 cm³/mol. The SMILES string of the molecule is CC(C)(C)OC(=O)N[C@@H](Cc1ccc([N+](=O)[O-])cc1)C(=O)NCC(=O)C(N)=O. The van der Waals surface area contributed by atoms with Crippen molar-refractivity contribution in [1.82, 2.24) is 10.6 Å². The minimum atomic E-state index is -1.20. The predicted octanol–water partition coefficient (Wildman–Crippen LogP) is 0.201. The van der Waals surface area contributed by atoms with Crippen LogP contribution >= 0.6 is 0 Å².